The Morgan fingerprint density at radius 3 is 2.83 bits per heavy atom. The average molecular weight is 330 g/mol. The normalized spacial score (nSPS) is 21.6. The molecule has 23 heavy (non-hydrogen) atoms. The van der Waals surface area contributed by atoms with Crippen LogP contribution in [0.2, 0.25) is 0 Å². The zero-order valence-corrected chi connectivity index (χ0v) is 14.2. The second-order valence-corrected chi connectivity index (χ2v) is 8.49. The van der Waals surface area contributed by atoms with Crippen LogP contribution < -0.4 is 0 Å². The monoisotopic (exact) mass is 330 g/mol. The van der Waals surface area contributed by atoms with Crippen molar-refractivity contribution in [2.24, 2.45) is 11.3 Å². The highest BCUT2D eigenvalue weighted by molar-refractivity contribution is 7.18. The topological polar surface area (TPSA) is 53.4 Å². The lowest BCUT2D eigenvalue weighted by Crippen LogP contribution is -2.48. The van der Waals surface area contributed by atoms with E-state index >= 15 is 0 Å². The van der Waals surface area contributed by atoms with E-state index in [1.54, 1.807) is 11.3 Å². The molecule has 1 aromatic carbocycles. The number of hydrogen-bond acceptors (Lipinski definition) is 4. The van der Waals surface area contributed by atoms with E-state index in [0.29, 0.717) is 5.41 Å². The maximum absolute atomic E-state index is 11.0. The number of nitrogens with zero attached hydrogens (tertiary/aromatic N) is 2. The van der Waals surface area contributed by atoms with Crippen molar-refractivity contribution in [2.45, 2.75) is 39.2 Å². The molecule has 1 aliphatic heterocycles. The first-order valence-electron chi connectivity index (χ1n) is 8.34. The highest BCUT2D eigenvalue weighted by Crippen LogP contribution is 2.52. The van der Waals surface area contributed by atoms with Gasteiger partial charge in [-0.2, -0.15) is 0 Å². The number of thiazole rings is 1. The second-order valence-electron chi connectivity index (χ2n) is 7.25. The van der Waals surface area contributed by atoms with Gasteiger partial charge in [0.15, 0.2) is 0 Å². The molecule has 4 rings (SSSR count). The van der Waals surface area contributed by atoms with Crippen molar-refractivity contribution < 1.29 is 9.90 Å². The number of benzene rings is 1. The fourth-order valence-corrected chi connectivity index (χ4v) is 5.09. The van der Waals surface area contributed by atoms with Crippen LogP contribution >= 0.6 is 11.3 Å². The molecule has 0 atom stereocenters. The highest BCUT2D eigenvalue weighted by atomic mass is 32.1. The largest absolute Gasteiger partial charge is 0.481 e. The van der Waals surface area contributed by atoms with Gasteiger partial charge in [0.2, 0.25) is 0 Å². The van der Waals surface area contributed by atoms with Gasteiger partial charge in [0.1, 0.15) is 0 Å². The first-order chi connectivity index (χ1) is 11.0. The molecule has 1 N–H and O–H groups in total. The van der Waals surface area contributed by atoms with Crippen molar-refractivity contribution in [3.8, 4) is 0 Å². The summed E-state index contributed by atoms with van der Waals surface area (Å²) in [5.41, 5.74) is 2.79. The Labute approximate surface area is 140 Å². The van der Waals surface area contributed by atoms with Gasteiger partial charge in [0.25, 0.3) is 0 Å². The first-order valence-corrected chi connectivity index (χ1v) is 9.16. The molecule has 122 valence electrons. The molecule has 2 heterocycles. The molecule has 0 amide bonds. The molecular formula is C18H22N2O2S. The summed E-state index contributed by atoms with van der Waals surface area (Å²) in [5, 5.41) is 10.2. The quantitative estimate of drug-likeness (QED) is 0.933. The maximum atomic E-state index is 11.0. The smallest absolute Gasteiger partial charge is 0.306 e. The van der Waals surface area contributed by atoms with Crippen LogP contribution in [0.3, 0.4) is 0 Å². The number of carboxylic acid groups (broad SMARTS) is 1. The first kappa shape index (κ1) is 15.1. The lowest BCUT2D eigenvalue weighted by Gasteiger charge is -2.51. The number of carbonyl (C=O) groups is 1. The number of aromatic nitrogens is 1. The number of hydrogen-bond donors (Lipinski definition) is 1. The lowest BCUT2D eigenvalue weighted by molar-refractivity contribution is -0.152. The molecule has 0 radical (unpaired) electrons. The number of rotatable bonds is 3. The molecule has 1 saturated heterocycles. The van der Waals surface area contributed by atoms with Gasteiger partial charge in [-0.25, -0.2) is 4.98 Å². The molecule has 4 nitrogen and oxygen atoms in total. The van der Waals surface area contributed by atoms with E-state index in [1.165, 1.54) is 10.3 Å². The zero-order valence-electron chi connectivity index (χ0n) is 13.4. The lowest BCUT2D eigenvalue weighted by atomic mass is 9.57. The summed E-state index contributed by atoms with van der Waals surface area (Å²) in [6, 6.07) is 6.59. The van der Waals surface area contributed by atoms with Gasteiger partial charge in [-0.05, 0) is 68.8 Å². The Bertz CT molecular complexity index is 739. The fourth-order valence-electron chi connectivity index (χ4n) is 4.19. The van der Waals surface area contributed by atoms with E-state index in [1.807, 2.05) is 0 Å². The Morgan fingerprint density at radius 1 is 1.39 bits per heavy atom. The summed E-state index contributed by atoms with van der Waals surface area (Å²) in [5.74, 6) is -0.690. The van der Waals surface area contributed by atoms with Gasteiger partial charge in [0.05, 0.1) is 21.1 Å². The van der Waals surface area contributed by atoms with Crippen LogP contribution in [0.15, 0.2) is 18.2 Å². The predicted molar refractivity (Wildman–Crippen MR) is 91.7 cm³/mol. The fraction of sp³-hybridized carbons (Fsp3) is 0.556. The molecule has 0 unspecified atom stereocenters. The molecule has 1 aliphatic carbocycles. The van der Waals surface area contributed by atoms with E-state index in [2.05, 4.69) is 35.0 Å². The third-order valence-corrected chi connectivity index (χ3v) is 6.52. The van der Waals surface area contributed by atoms with Crippen LogP contribution in [0.4, 0.5) is 0 Å². The predicted octanol–water partition coefficient (Wildman–Crippen LogP) is 3.68. The summed E-state index contributed by atoms with van der Waals surface area (Å²) < 4.78 is 1.27. The van der Waals surface area contributed by atoms with Crippen LogP contribution in [0.25, 0.3) is 10.2 Å². The molecule has 0 bridgehead atoms. The minimum atomic E-state index is -0.605. The molecule has 2 fully saturated rings. The minimum absolute atomic E-state index is 0.0847. The Hall–Kier alpha value is -1.46. The van der Waals surface area contributed by atoms with Crippen molar-refractivity contribution in [2.75, 3.05) is 13.1 Å². The number of aliphatic carboxylic acids is 1. The van der Waals surface area contributed by atoms with Gasteiger partial charge in [-0.1, -0.05) is 6.07 Å². The summed E-state index contributed by atoms with van der Waals surface area (Å²) in [7, 11) is 0. The Balaban J connectivity index is 1.36. The summed E-state index contributed by atoms with van der Waals surface area (Å²) in [6.07, 6.45) is 4.09. The van der Waals surface area contributed by atoms with Crippen molar-refractivity contribution in [3.05, 3.63) is 28.8 Å². The van der Waals surface area contributed by atoms with Crippen molar-refractivity contribution in [1.82, 2.24) is 9.88 Å². The number of aryl methyl sites for hydroxylation is 1. The average Bonchev–Trinajstić information content (AvgIpc) is 2.85. The van der Waals surface area contributed by atoms with Gasteiger partial charge in [0, 0.05) is 6.54 Å². The van der Waals surface area contributed by atoms with Gasteiger partial charge >= 0.3 is 5.97 Å². The minimum Gasteiger partial charge on any atom is -0.481 e. The Morgan fingerprint density at radius 2 is 2.13 bits per heavy atom. The standard InChI is InChI=1S/C18H22N2O2S/c1-12-19-15-3-2-13(8-16(15)23-12)11-20-6-4-18(5-7-20)9-14(10-18)17(21)22/h2-3,8,14H,4-7,9-11H2,1H3,(H,21,22). The van der Waals surface area contributed by atoms with E-state index in [0.717, 1.165) is 55.8 Å². The van der Waals surface area contributed by atoms with Crippen LogP contribution in [0, 0.1) is 18.3 Å². The number of piperidine rings is 1. The molecule has 2 aromatic rings. The number of fused-ring (bicyclic) bond motifs is 1. The Kier molecular flexibility index (Phi) is 3.65. The summed E-state index contributed by atoms with van der Waals surface area (Å²) >= 11 is 1.76. The van der Waals surface area contributed by atoms with E-state index in [9.17, 15) is 4.79 Å². The van der Waals surface area contributed by atoms with E-state index in [-0.39, 0.29) is 5.92 Å². The van der Waals surface area contributed by atoms with Crippen molar-refractivity contribution >= 4 is 27.5 Å². The van der Waals surface area contributed by atoms with Crippen LogP contribution in [0.5, 0.6) is 0 Å². The molecule has 1 aromatic heterocycles. The van der Waals surface area contributed by atoms with Gasteiger partial charge < -0.3 is 5.11 Å². The molecule has 5 heteroatoms. The van der Waals surface area contributed by atoms with Crippen LogP contribution in [0.1, 0.15) is 36.3 Å². The summed E-state index contributed by atoms with van der Waals surface area (Å²) in [6.45, 7) is 5.22. The maximum Gasteiger partial charge on any atom is 0.306 e. The van der Waals surface area contributed by atoms with Gasteiger partial charge in [-0.15, -0.1) is 11.3 Å². The molecule has 2 aliphatic rings. The van der Waals surface area contributed by atoms with E-state index < -0.39 is 5.97 Å². The van der Waals surface area contributed by atoms with Crippen LogP contribution in [-0.2, 0) is 11.3 Å². The van der Waals surface area contributed by atoms with Crippen LogP contribution in [-0.4, -0.2) is 34.0 Å². The third-order valence-electron chi connectivity index (χ3n) is 5.59. The summed E-state index contributed by atoms with van der Waals surface area (Å²) in [4.78, 5) is 18.0. The van der Waals surface area contributed by atoms with Crippen molar-refractivity contribution in [1.29, 1.82) is 0 Å². The zero-order chi connectivity index (χ0) is 16.0. The molecule has 1 spiro atoms. The van der Waals surface area contributed by atoms with Crippen molar-refractivity contribution in [3.63, 3.8) is 0 Å². The highest BCUT2D eigenvalue weighted by Gasteiger charge is 2.48. The SMILES string of the molecule is Cc1nc2ccc(CN3CCC4(CC3)CC(C(=O)O)C4)cc2s1. The number of likely N-dealkylation sites (tertiary alicyclic amines) is 1. The van der Waals surface area contributed by atoms with E-state index in [4.69, 9.17) is 5.11 Å². The number of carboxylic acids is 1. The second kappa shape index (κ2) is 5.56. The van der Waals surface area contributed by atoms with Gasteiger partial charge in [-0.3, -0.25) is 9.69 Å². The molecular weight excluding hydrogens is 308 g/mol. The third kappa shape index (κ3) is 2.88. The molecule has 1 saturated carbocycles.